The Morgan fingerprint density at radius 2 is 1.82 bits per heavy atom. The van der Waals surface area contributed by atoms with Gasteiger partial charge in [0.15, 0.2) is 0 Å². The van der Waals surface area contributed by atoms with Crippen LogP contribution < -0.4 is 20.7 Å². The number of carbonyl (C=O) groups excluding carboxylic acids is 1. The SMILES string of the molecule is CNc1ccc(-c2ccc3c(c2)C2(CCCC2)CN3C(=O)NCc2ccc(SN)cc2)c(C)c1. The molecule has 0 bridgehead atoms. The standard InChI is InChI=1S/C28H32N4OS/c1-19-15-22(30-2)8-11-24(19)21-7-12-26-25(16-21)28(13-3-4-14-28)18-32(26)27(33)31-17-20-5-9-23(34-29)10-6-20/h5-12,15-16,30H,3-4,13-14,17-18,29H2,1-2H3,(H,31,33). The number of carbonyl (C=O) groups is 1. The molecule has 2 aliphatic rings. The Morgan fingerprint density at radius 1 is 1.06 bits per heavy atom. The molecule has 3 aromatic carbocycles. The summed E-state index contributed by atoms with van der Waals surface area (Å²) >= 11 is 1.23. The average molecular weight is 473 g/mol. The molecule has 1 fully saturated rings. The van der Waals surface area contributed by atoms with Gasteiger partial charge in [0, 0.05) is 41.8 Å². The van der Waals surface area contributed by atoms with Crippen LogP contribution in [0.25, 0.3) is 11.1 Å². The van der Waals surface area contributed by atoms with Crippen LogP contribution >= 0.6 is 11.9 Å². The van der Waals surface area contributed by atoms with Crippen molar-refractivity contribution in [1.29, 1.82) is 0 Å². The fourth-order valence-corrected chi connectivity index (χ4v) is 5.89. The maximum atomic E-state index is 13.3. The van der Waals surface area contributed by atoms with Gasteiger partial charge in [-0.15, -0.1) is 0 Å². The Labute approximate surface area is 206 Å². The van der Waals surface area contributed by atoms with Crippen LogP contribution in [0.3, 0.4) is 0 Å². The number of hydrogen-bond acceptors (Lipinski definition) is 4. The first kappa shape index (κ1) is 22.8. The lowest BCUT2D eigenvalue weighted by atomic mass is 9.79. The summed E-state index contributed by atoms with van der Waals surface area (Å²) in [6, 6.07) is 21.1. The number of anilines is 2. The van der Waals surface area contributed by atoms with Crippen LogP contribution in [0.4, 0.5) is 16.2 Å². The maximum Gasteiger partial charge on any atom is 0.322 e. The molecule has 4 N–H and O–H groups in total. The molecular formula is C28H32N4OS. The first-order valence-electron chi connectivity index (χ1n) is 12.0. The molecule has 0 aromatic heterocycles. The molecule has 6 heteroatoms. The minimum Gasteiger partial charge on any atom is -0.388 e. The van der Waals surface area contributed by atoms with Crippen LogP contribution in [0.1, 0.15) is 42.4 Å². The minimum absolute atomic E-state index is 0.0235. The highest BCUT2D eigenvalue weighted by atomic mass is 32.2. The monoisotopic (exact) mass is 472 g/mol. The average Bonchev–Trinajstić information content (AvgIpc) is 3.48. The van der Waals surface area contributed by atoms with Gasteiger partial charge in [-0.2, -0.15) is 0 Å². The number of urea groups is 1. The van der Waals surface area contributed by atoms with Crippen molar-refractivity contribution < 1.29 is 4.79 Å². The van der Waals surface area contributed by atoms with Crippen LogP contribution in [-0.2, 0) is 12.0 Å². The second-order valence-electron chi connectivity index (χ2n) is 9.51. The van der Waals surface area contributed by atoms with Gasteiger partial charge in [0.25, 0.3) is 0 Å². The molecule has 1 saturated carbocycles. The third-order valence-electron chi connectivity index (χ3n) is 7.45. The highest BCUT2D eigenvalue weighted by Gasteiger charge is 2.46. The van der Waals surface area contributed by atoms with Crippen molar-refractivity contribution in [2.75, 3.05) is 23.8 Å². The van der Waals surface area contributed by atoms with E-state index in [-0.39, 0.29) is 11.4 Å². The van der Waals surface area contributed by atoms with Crippen molar-refractivity contribution >= 4 is 29.4 Å². The van der Waals surface area contributed by atoms with Gasteiger partial charge in [-0.1, -0.05) is 37.1 Å². The van der Waals surface area contributed by atoms with E-state index in [1.807, 2.05) is 36.2 Å². The van der Waals surface area contributed by atoms with Crippen LogP contribution in [-0.4, -0.2) is 19.6 Å². The quantitative estimate of drug-likeness (QED) is 0.386. The summed E-state index contributed by atoms with van der Waals surface area (Å²) in [5.41, 5.74) is 8.37. The van der Waals surface area contributed by atoms with Crippen molar-refractivity contribution in [2.24, 2.45) is 5.14 Å². The molecule has 0 atom stereocenters. The van der Waals surface area contributed by atoms with E-state index in [0.29, 0.717) is 6.54 Å². The van der Waals surface area contributed by atoms with Crippen molar-refractivity contribution in [3.8, 4) is 11.1 Å². The zero-order chi connectivity index (χ0) is 23.7. The number of rotatable bonds is 5. The number of nitrogens with zero attached hydrogens (tertiary/aromatic N) is 1. The number of amides is 2. The normalized spacial score (nSPS) is 16.0. The Kier molecular flexibility index (Phi) is 6.28. The van der Waals surface area contributed by atoms with Crippen molar-refractivity contribution in [1.82, 2.24) is 5.32 Å². The molecule has 1 spiro atoms. The highest BCUT2D eigenvalue weighted by Crippen LogP contribution is 2.51. The first-order valence-corrected chi connectivity index (χ1v) is 12.9. The summed E-state index contributed by atoms with van der Waals surface area (Å²) in [6.45, 7) is 3.42. The third kappa shape index (κ3) is 4.17. The number of nitrogens with two attached hydrogens (primary N) is 1. The second kappa shape index (κ2) is 9.35. The molecule has 1 aliphatic heterocycles. The topological polar surface area (TPSA) is 70.4 Å². The van der Waals surface area contributed by atoms with Crippen LogP contribution in [0.2, 0.25) is 0 Å². The minimum atomic E-state index is -0.0235. The summed E-state index contributed by atoms with van der Waals surface area (Å²) in [4.78, 5) is 16.3. The molecule has 1 heterocycles. The molecule has 0 unspecified atom stereocenters. The third-order valence-corrected chi connectivity index (χ3v) is 8.00. The van der Waals surface area contributed by atoms with E-state index in [9.17, 15) is 4.79 Å². The Morgan fingerprint density at radius 3 is 2.50 bits per heavy atom. The van der Waals surface area contributed by atoms with Gasteiger partial charge < -0.3 is 10.6 Å². The Hall–Kier alpha value is -2.96. The van der Waals surface area contributed by atoms with Gasteiger partial charge in [-0.3, -0.25) is 10.0 Å². The molecule has 176 valence electrons. The summed E-state index contributed by atoms with van der Waals surface area (Å²) in [5, 5.41) is 12.0. The molecule has 3 aromatic rings. The molecule has 0 radical (unpaired) electrons. The zero-order valence-electron chi connectivity index (χ0n) is 19.9. The van der Waals surface area contributed by atoms with Crippen LogP contribution in [0, 0.1) is 6.92 Å². The highest BCUT2D eigenvalue weighted by molar-refractivity contribution is 7.97. The van der Waals surface area contributed by atoms with E-state index in [2.05, 4.69) is 54.0 Å². The number of hydrogen-bond donors (Lipinski definition) is 3. The van der Waals surface area contributed by atoms with Gasteiger partial charge in [0.05, 0.1) is 0 Å². The van der Waals surface area contributed by atoms with E-state index < -0.39 is 0 Å². The molecule has 34 heavy (non-hydrogen) atoms. The molecule has 5 nitrogen and oxygen atoms in total. The van der Waals surface area contributed by atoms with E-state index >= 15 is 0 Å². The van der Waals surface area contributed by atoms with Gasteiger partial charge >= 0.3 is 6.03 Å². The fraction of sp³-hybridized carbons (Fsp3) is 0.321. The van der Waals surface area contributed by atoms with Gasteiger partial charge in [-0.05, 0) is 95.9 Å². The zero-order valence-corrected chi connectivity index (χ0v) is 20.7. The van der Waals surface area contributed by atoms with E-state index in [0.717, 1.165) is 41.2 Å². The maximum absolute atomic E-state index is 13.3. The van der Waals surface area contributed by atoms with Crippen LogP contribution in [0.5, 0.6) is 0 Å². The summed E-state index contributed by atoms with van der Waals surface area (Å²) in [5.74, 6) is 0. The summed E-state index contributed by atoms with van der Waals surface area (Å²) < 4.78 is 0. The van der Waals surface area contributed by atoms with Crippen molar-refractivity contribution in [3.05, 3.63) is 77.4 Å². The second-order valence-corrected chi connectivity index (χ2v) is 10.2. The number of fused-ring (bicyclic) bond motifs is 2. The first-order chi connectivity index (χ1) is 16.5. The number of nitrogens with one attached hydrogen (secondary N) is 2. The van der Waals surface area contributed by atoms with Gasteiger partial charge in [0.1, 0.15) is 0 Å². The number of aryl methyl sites for hydroxylation is 1. The predicted octanol–water partition coefficient (Wildman–Crippen LogP) is 6.21. The molecule has 1 aliphatic carbocycles. The van der Waals surface area contributed by atoms with E-state index in [1.54, 1.807) is 0 Å². The van der Waals surface area contributed by atoms with E-state index in [4.69, 9.17) is 5.14 Å². The largest absolute Gasteiger partial charge is 0.388 e. The van der Waals surface area contributed by atoms with Gasteiger partial charge in [0.2, 0.25) is 0 Å². The van der Waals surface area contributed by atoms with Crippen molar-refractivity contribution in [3.63, 3.8) is 0 Å². The molecule has 2 amide bonds. The predicted molar refractivity (Wildman–Crippen MR) is 142 cm³/mol. The lowest BCUT2D eigenvalue weighted by Gasteiger charge is -2.25. The lowest BCUT2D eigenvalue weighted by Crippen LogP contribution is -2.41. The van der Waals surface area contributed by atoms with Crippen molar-refractivity contribution in [2.45, 2.75) is 49.5 Å². The Bertz CT molecular complexity index is 1200. The van der Waals surface area contributed by atoms with Crippen LogP contribution in [0.15, 0.2) is 65.6 Å². The Balaban J connectivity index is 1.42. The fourth-order valence-electron chi connectivity index (χ4n) is 5.60. The van der Waals surface area contributed by atoms with Gasteiger partial charge in [-0.25, -0.2) is 4.79 Å². The van der Waals surface area contributed by atoms with E-state index in [1.165, 1.54) is 47.0 Å². The molecule has 5 rings (SSSR count). The number of benzene rings is 3. The lowest BCUT2D eigenvalue weighted by molar-refractivity contribution is 0.245. The molecular weight excluding hydrogens is 440 g/mol. The summed E-state index contributed by atoms with van der Waals surface area (Å²) in [7, 11) is 1.95. The smallest absolute Gasteiger partial charge is 0.322 e. The molecule has 0 saturated heterocycles. The summed E-state index contributed by atoms with van der Waals surface area (Å²) in [6.07, 6.45) is 4.73.